The van der Waals surface area contributed by atoms with Crippen molar-refractivity contribution in [1.29, 1.82) is 0 Å². The lowest BCUT2D eigenvalue weighted by molar-refractivity contribution is -0.140. The fraction of sp³-hybridized carbons (Fsp3) is 0.538. The Kier molecular flexibility index (Phi) is 6.72. The molecule has 1 N–H and O–H groups in total. The third kappa shape index (κ3) is 5.49. The number of ether oxygens (including phenoxy) is 1. The van der Waals surface area contributed by atoms with Crippen LogP contribution in [0.25, 0.3) is 0 Å². The highest BCUT2D eigenvalue weighted by atomic mass is 79.9. The van der Waals surface area contributed by atoms with E-state index in [4.69, 9.17) is 0 Å². The number of carbonyl (C=O) groups is 1. The van der Waals surface area contributed by atoms with Gasteiger partial charge in [-0.1, -0.05) is 6.42 Å². The fourth-order valence-electron chi connectivity index (χ4n) is 1.53. The van der Waals surface area contributed by atoms with Gasteiger partial charge in [0.2, 0.25) is 0 Å². The number of methoxy groups -OCH3 is 1. The first-order valence-corrected chi connectivity index (χ1v) is 6.85. The van der Waals surface area contributed by atoms with Crippen molar-refractivity contribution in [2.75, 3.05) is 19.0 Å². The van der Waals surface area contributed by atoms with E-state index in [0.717, 1.165) is 41.7 Å². The first kappa shape index (κ1) is 15.0. The molecule has 4 nitrogen and oxygen atoms in total. The molecule has 1 rings (SSSR count). The minimum Gasteiger partial charge on any atom is -0.469 e. The summed E-state index contributed by atoms with van der Waals surface area (Å²) in [5.41, 5.74) is 1.16. The monoisotopic (exact) mass is 314 g/mol. The summed E-state index contributed by atoms with van der Waals surface area (Å²) in [6.07, 6.45) is 5.22. The molecule has 0 radical (unpaired) electrons. The van der Waals surface area contributed by atoms with Crippen LogP contribution in [-0.2, 0) is 9.53 Å². The van der Waals surface area contributed by atoms with Crippen LogP contribution in [0.3, 0.4) is 0 Å². The maximum Gasteiger partial charge on any atom is 0.305 e. The highest BCUT2D eigenvalue weighted by molar-refractivity contribution is 9.10. The van der Waals surface area contributed by atoms with E-state index in [0.29, 0.717) is 6.42 Å². The highest BCUT2D eigenvalue weighted by Crippen LogP contribution is 2.17. The van der Waals surface area contributed by atoms with Crippen molar-refractivity contribution in [1.82, 2.24) is 4.98 Å². The van der Waals surface area contributed by atoms with Crippen LogP contribution in [0.4, 0.5) is 5.82 Å². The quantitative estimate of drug-likeness (QED) is 0.619. The number of halogens is 1. The van der Waals surface area contributed by atoms with Gasteiger partial charge in [-0.15, -0.1) is 0 Å². The first-order chi connectivity index (χ1) is 8.63. The number of unbranched alkanes of at least 4 members (excludes halogenated alkanes) is 2. The third-order valence-corrected chi connectivity index (χ3v) is 3.47. The van der Waals surface area contributed by atoms with Crippen LogP contribution in [0, 0.1) is 6.92 Å². The predicted octanol–water partition coefficient (Wildman–Crippen LogP) is 3.30. The molecule has 0 unspecified atom stereocenters. The Morgan fingerprint density at radius 3 is 2.89 bits per heavy atom. The zero-order valence-electron chi connectivity index (χ0n) is 10.8. The van der Waals surface area contributed by atoms with Crippen molar-refractivity contribution in [3.63, 3.8) is 0 Å². The van der Waals surface area contributed by atoms with Crippen molar-refractivity contribution < 1.29 is 9.53 Å². The van der Waals surface area contributed by atoms with E-state index in [-0.39, 0.29) is 5.97 Å². The SMILES string of the molecule is COC(=O)CCCCCNc1cc(C)c(Br)cn1. The standard InChI is InChI=1S/C13H19BrN2O2/c1-10-8-12(16-9-11(10)14)15-7-5-3-4-6-13(17)18-2/h8-9H,3-7H2,1-2H3,(H,15,16). The third-order valence-electron chi connectivity index (χ3n) is 2.64. The highest BCUT2D eigenvalue weighted by Gasteiger charge is 2.00. The molecule has 0 atom stereocenters. The number of rotatable bonds is 7. The zero-order chi connectivity index (χ0) is 13.4. The first-order valence-electron chi connectivity index (χ1n) is 6.06. The van der Waals surface area contributed by atoms with Gasteiger partial charge in [-0.05, 0) is 47.3 Å². The van der Waals surface area contributed by atoms with Gasteiger partial charge in [-0.2, -0.15) is 0 Å². The van der Waals surface area contributed by atoms with Crippen molar-refractivity contribution in [3.8, 4) is 0 Å². The van der Waals surface area contributed by atoms with Gasteiger partial charge >= 0.3 is 5.97 Å². The Morgan fingerprint density at radius 2 is 2.22 bits per heavy atom. The van der Waals surface area contributed by atoms with Gasteiger partial charge in [0.15, 0.2) is 0 Å². The summed E-state index contributed by atoms with van der Waals surface area (Å²) in [6, 6.07) is 2.01. The normalized spacial score (nSPS) is 10.2. The van der Waals surface area contributed by atoms with Crippen LogP contribution in [-0.4, -0.2) is 24.6 Å². The number of nitrogens with zero attached hydrogens (tertiary/aromatic N) is 1. The minimum absolute atomic E-state index is 0.131. The minimum atomic E-state index is -0.131. The van der Waals surface area contributed by atoms with Crippen LogP contribution in [0.1, 0.15) is 31.2 Å². The molecule has 18 heavy (non-hydrogen) atoms. The molecule has 0 fully saturated rings. The van der Waals surface area contributed by atoms with Crippen LogP contribution >= 0.6 is 15.9 Å². The molecular weight excluding hydrogens is 296 g/mol. The molecule has 1 heterocycles. The summed E-state index contributed by atoms with van der Waals surface area (Å²) in [5, 5.41) is 3.27. The lowest BCUT2D eigenvalue weighted by atomic mass is 10.2. The number of aryl methyl sites for hydroxylation is 1. The zero-order valence-corrected chi connectivity index (χ0v) is 12.4. The molecule has 100 valence electrons. The molecule has 0 saturated carbocycles. The lowest BCUT2D eigenvalue weighted by Crippen LogP contribution is -2.04. The lowest BCUT2D eigenvalue weighted by Gasteiger charge is -2.06. The molecule has 1 aromatic rings. The van der Waals surface area contributed by atoms with Gasteiger partial charge < -0.3 is 10.1 Å². The summed E-state index contributed by atoms with van der Waals surface area (Å²) in [6.45, 7) is 2.91. The molecular formula is C13H19BrN2O2. The Hall–Kier alpha value is -1.10. The maximum atomic E-state index is 10.9. The molecule has 0 amide bonds. The van der Waals surface area contributed by atoms with Gasteiger partial charge in [0.1, 0.15) is 5.82 Å². The molecule has 0 saturated heterocycles. The number of pyridine rings is 1. The van der Waals surface area contributed by atoms with E-state index < -0.39 is 0 Å². The molecule has 0 aliphatic rings. The number of esters is 1. The fourth-order valence-corrected chi connectivity index (χ4v) is 1.74. The molecule has 0 aromatic carbocycles. The number of anilines is 1. The van der Waals surface area contributed by atoms with Gasteiger partial charge in [0.05, 0.1) is 7.11 Å². The molecule has 1 aromatic heterocycles. The van der Waals surface area contributed by atoms with E-state index in [1.807, 2.05) is 13.0 Å². The number of hydrogen-bond acceptors (Lipinski definition) is 4. The summed E-state index contributed by atoms with van der Waals surface area (Å²) in [5.74, 6) is 0.761. The van der Waals surface area contributed by atoms with Gasteiger partial charge in [-0.25, -0.2) is 4.98 Å². The Bertz CT molecular complexity index is 397. The van der Waals surface area contributed by atoms with Crippen molar-refractivity contribution >= 4 is 27.7 Å². The predicted molar refractivity (Wildman–Crippen MR) is 75.6 cm³/mol. The molecule has 5 heteroatoms. The average molecular weight is 315 g/mol. The second-order valence-electron chi connectivity index (χ2n) is 4.13. The van der Waals surface area contributed by atoms with E-state index in [9.17, 15) is 4.79 Å². The van der Waals surface area contributed by atoms with Crippen molar-refractivity contribution in [2.24, 2.45) is 0 Å². The van der Waals surface area contributed by atoms with Crippen LogP contribution in [0.2, 0.25) is 0 Å². The number of aromatic nitrogens is 1. The van der Waals surface area contributed by atoms with Crippen LogP contribution in [0.15, 0.2) is 16.7 Å². The number of nitrogens with one attached hydrogen (secondary N) is 1. The second-order valence-corrected chi connectivity index (χ2v) is 4.99. The maximum absolute atomic E-state index is 10.9. The molecule has 0 aliphatic carbocycles. The average Bonchev–Trinajstić information content (AvgIpc) is 2.37. The van der Waals surface area contributed by atoms with Gasteiger partial charge in [0.25, 0.3) is 0 Å². The van der Waals surface area contributed by atoms with Crippen LogP contribution < -0.4 is 5.32 Å². The Balaban J connectivity index is 2.14. The summed E-state index contributed by atoms with van der Waals surface area (Å²) < 4.78 is 5.60. The Morgan fingerprint density at radius 1 is 1.44 bits per heavy atom. The summed E-state index contributed by atoms with van der Waals surface area (Å²) in [4.78, 5) is 15.1. The van der Waals surface area contributed by atoms with Crippen LogP contribution in [0.5, 0.6) is 0 Å². The number of carbonyl (C=O) groups excluding carboxylic acids is 1. The second kappa shape index (κ2) is 8.08. The van der Waals surface area contributed by atoms with Gasteiger partial charge in [-0.3, -0.25) is 4.79 Å². The molecule has 0 aliphatic heterocycles. The van der Waals surface area contributed by atoms with E-state index in [2.05, 4.69) is 31.0 Å². The van der Waals surface area contributed by atoms with Crippen molar-refractivity contribution in [2.45, 2.75) is 32.6 Å². The molecule has 0 bridgehead atoms. The van der Waals surface area contributed by atoms with E-state index in [1.165, 1.54) is 7.11 Å². The summed E-state index contributed by atoms with van der Waals surface area (Å²) >= 11 is 3.42. The van der Waals surface area contributed by atoms with E-state index >= 15 is 0 Å². The van der Waals surface area contributed by atoms with Gasteiger partial charge in [0, 0.05) is 23.6 Å². The largest absolute Gasteiger partial charge is 0.469 e. The Labute approximate surface area is 116 Å². The number of hydrogen-bond donors (Lipinski definition) is 1. The van der Waals surface area contributed by atoms with Crippen molar-refractivity contribution in [3.05, 3.63) is 22.3 Å². The topological polar surface area (TPSA) is 51.2 Å². The smallest absolute Gasteiger partial charge is 0.305 e. The summed E-state index contributed by atoms with van der Waals surface area (Å²) in [7, 11) is 1.42. The molecule has 0 spiro atoms. The van der Waals surface area contributed by atoms with E-state index in [1.54, 1.807) is 6.20 Å².